The predicted molar refractivity (Wildman–Crippen MR) is 92.4 cm³/mol. The van der Waals surface area contributed by atoms with E-state index in [1.807, 2.05) is 27.0 Å². The van der Waals surface area contributed by atoms with E-state index in [1.165, 1.54) is 3.71 Å². The number of hydrogen-bond donors (Lipinski definition) is 1. The van der Waals surface area contributed by atoms with Crippen LogP contribution < -0.4 is 9.03 Å². The molecule has 0 saturated carbocycles. The van der Waals surface area contributed by atoms with Gasteiger partial charge in [0.2, 0.25) is 0 Å². The van der Waals surface area contributed by atoms with E-state index >= 15 is 0 Å². The Labute approximate surface area is 137 Å². The molecule has 0 bridgehead atoms. The fourth-order valence-corrected chi connectivity index (χ4v) is 5.16. The zero-order valence-corrected chi connectivity index (χ0v) is 17.3. The van der Waals surface area contributed by atoms with Crippen molar-refractivity contribution in [2.45, 2.75) is 47.2 Å². The molecule has 1 amide bonds. The zero-order chi connectivity index (χ0) is 16.5. The third kappa shape index (κ3) is 4.76. The van der Waals surface area contributed by atoms with Gasteiger partial charge in [-0.1, -0.05) is 0 Å². The SMILES string of the molecule is CC(C)(C)OC(=O)N1CC(Nc2cc[c]([Sn]([CH3])([CH3])[CH3])nc2)C1. The number of likely N-dealkylation sites (tertiary alicyclic amines) is 1. The molecular formula is C16H27N3O2Sn. The third-order valence-corrected chi connectivity index (χ3v) is 8.67. The van der Waals surface area contributed by atoms with Crippen molar-refractivity contribution in [2.24, 2.45) is 0 Å². The molecule has 22 heavy (non-hydrogen) atoms. The van der Waals surface area contributed by atoms with E-state index in [9.17, 15) is 4.79 Å². The van der Waals surface area contributed by atoms with Gasteiger partial charge in [0.05, 0.1) is 0 Å². The molecule has 1 fully saturated rings. The van der Waals surface area contributed by atoms with Crippen molar-refractivity contribution in [3.8, 4) is 0 Å². The Bertz CT molecular complexity index is 526. The van der Waals surface area contributed by atoms with Gasteiger partial charge in [-0.2, -0.15) is 0 Å². The Morgan fingerprint density at radius 1 is 1.32 bits per heavy atom. The Balaban J connectivity index is 1.82. The molecule has 1 aromatic heterocycles. The van der Waals surface area contributed by atoms with Crippen LogP contribution in [-0.4, -0.2) is 59.1 Å². The number of ether oxygens (including phenoxy) is 1. The van der Waals surface area contributed by atoms with Crippen LogP contribution in [0, 0.1) is 0 Å². The van der Waals surface area contributed by atoms with Crippen molar-refractivity contribution in [1.82, 2.24) is 9.88 Å². The molecule has 2 heterocycles. The number of aromatic nitrogens is 1. The van der Waals surface area contributed by atoms with Crippen LogP contribution >= 0.6 is 0 Å². The van der Waals surface area contributed by atoms with Gasteiger partial charge in [0.15, 0.2) is 0 Å². The molecule has 2 rings (SSSR count). The molecule has 122 valence electrons. The summed E-state index contributed by atoms with van der Waals surface area (Å²) in [6, 6.07) is 4.52. The molecule has 0 atom stereocenters. The third-order valence-electron chi connectivity index (χ3n) is 3.44. The first kappa shape index (κ1) is 17.4. The van der Waals surface area contributed by atoms with Gasteiger partial charge in [-0.25, -0.2) is 0 Å². The minimum absolute atomic E-state index is 0.235. The summed E-state index contributed by atoms with van der Waals surface area (Å²) in [5, 5.41) is 3.42. The number of carbonyl (C=O) groups excluding carboxylic acids is 1. The van der Waals surface area contributed by atoms with E-state index in [4.69, 9.17) is 4.74 Å². The van der Waals surface area contributed by atoms with Crippen molar-refractivity contribution >= 4 is 33.9 Å². The molecule has 1 N–H and O–H groups in total. The van der Waals surface area contributed by atoms with Gasteiger partial charge in [0.1, 0.15) is 0 Å². The molecule has 0 radical (unpaired) electrons. The minimum atomic E-state index is -2.07. The number of rotatable bonds is 3. The first-order valence-corrected chi connectivity index (χ1v) is 17.7. The number of carbonyl (C=O) groups is 1. The summed E-state index contributed by atoms with van der Waals surface area (Å²) in [4.78, 5) is 25.2. The summed E-state index contributed by atoms with van der Waals surface area (Å²) >= 11 is -2.07. The van der Waals surface area contributed by atoms with E-state index in [2.05, 4.69) is 37.3 Å². The van der Waals surface area contributed by atoms with E-state index in [-0.39, 0.29) is 12.1 Å². The van der Waals surface area contributed by atoms with Crippen LogP contribution in [0.15, 0.2) is 18.3 Å². The van der Waals surface area contributed by atoms with Crippen LogP contribution in [0.25, 0.3) is 0 Å². The van der Waals surface area contributed by atoms with E-state index in [0.29, 0.717) is 13.1 Å². The quantitative estimate of drug-likeness (QED) is 0.777. The normalized spacial score (nSPS) is 16.2. The number of amides is 1. The second-order valence-corrected chi connectivity index (χ2v) is 22.2. The van der Waals surface area contributed by atoms with Gasteiger partial charge in [0.25, 0.3) is 0 Å². The predicted octanol–water partition coefficient (Wildman–Crippen LogP) is 2.66. The Hall–Kier alpha value is -0.981. The Morgan fingerprint density at radius 2 is 1.95 bits per heavy atom. The first-order chi connectivity index (χ1) is 10.0. The van der Waals surface area contributed by atoms with Gasteiger partial charge >= 0.3 is 137 Å². The van der Waals surface area contributed by atoms with Gasteiger partial charge in [0, 0.05) is 0 Å². The second kappa shape index (κ2) is 6.26. The monoisotopic (exact) mass is 413 g/mol. The molecule has 1 aliphatic rings. The van der Waals surface area contributed by atoms with Crippen LogP contribution in [-0.2, 0) is 4.74 Å². The van der Waals surface area contributed by atoms with Crippen molar-refractivity contribution in [1.29, 1.82) is 0 Å². The summed E-state index contributed by atoms with van der Waals surface area (Å²) in [5.74, 6) is 0. The van der Waals surface area contributed by atoms with Crippen LogP contribution in [0.5, 0.6) is 0 Å². The van der Waals surface area contributed by atoms with E-state index in [1.54, 1.807) is 4.90 Å². The average Bonchev–Trinajstić information content (AvgIpc) is 2.30. The molecule has 0 aromatic carbocycles. The summed E-state index contributed by atoms with van der Waals surface area (Å²) in [5.41, 5.74) is 0.585. The van der Waals surface area contributed by atoms with Gasteiger partial charge in [-0.15, -0.1) is 0 Å². The maximum absolute atomic E-state index is 11.9. The molecule has 0 aliphatic carbocycles. The first-order valence-electron chi connectivity index (χ1n) is 7.75. The maximum atomic E-state index is 11.9. The summed E-state index contributed by atoms with van der Waals surface area (Å²) in [6.07, 6.45) is 1.68. The number of pyridine rings is 1. The molecular weight excluding hydrogens is 385 g/mol. The second-order valence-electron chi connectivity index (χ2n) is 7.91. The van der Waals surface area contributed by atoms with Crippen molar-refractivity contribution in [3.05, 3.63) is 18.3 Å². The Kier molecular flexibility index (Phi) is 4.94. The molecule has 6 heteroatoms. The van der Waals surface area contributed by atoms with E-state index < -0.39 is 24.0 Å². The summed E-state index contributed by atoms with van der Waals surface area (Å²) in [7, 11) is 0. The summed E-state index contributed by atoms with van der Waals surface area (Å²) < 4.78 is 6.63. The van der Waals surface area contributed by atoms with Crippen molar-refractivity contribution in [2.75, 3.05) is 18.4 Å². The molecule has 1 saturated heterocycles. The fraction of sp³-hybridized carbons (Fsp3) is 0.625. The Morgan fingerprint density at radius 3 is 2.41 bits per heavy atom. The van der Waals surface area contributed by atoms with Gasteiger partial charge < -0.3 is 0 Å². The summed E-state index contributed by atoms with van der Waals surface area (Å²) in [6.45, 7) is 7.00. The van der Waals surface area contributed by atoms with Crippen LogP contribution in [0.3, 0.4) is 0 Å². The standard InChI is InChI=1S/C13H18N3O2.3CH3.Sn/c1-13(2,3)18-12(17)16-8-11(9-16)15-10-5-4-6-14-7-10;;;;/h4-5,7,11,15H,8-9H2,1-3H3;3*1H3;. The molecule has 1 aliphatic heterocycles. The van der Waals surface area contributed by atoms with Gasteiger partial charge in [-0.05, 0) is 0 Å². The molecule has 5 nitrogen and oxygen atoms in total. The van der Waals surface area contributed by atoms with Gasteiger partial charge in [-0.3, -0.25) is 0 Å². The van der Waals surface area contributed by atoms with Crippen LogP contribution in [0.1, 0.15) is 20.8 Å². The van der Waals surface area contributed by atoms with Crippen molar-refractivity contribution in [3.63, 3.8) is 0 Å². The number of nitrogens with one attached hydrogen (secondary N) is 1. The fourth-order valence-electron chi connectivity index (χ4n) is 2.20. The number of nitrogens with zero attached hydrogens (tertiary/aromatic N) is 2. The molecule has 0 spiro atoms. The molecule has 0 unspecified atom stereocenters. The zero-order valence-electron chi connectivity index (χ0n) is 14.4. The van der Waals surface area contributed by atoms with Crippen molar-refractivity contribution < 1.29 is 9.53 Å². The molecule has 1 aromatic rings. The topological polar surface area (TPSA) is 54.5 Å². The number of anilines is 1. The number of hydrogen-bond acceptors (Lipinski definition) is 4. The van der Waals surface area contributed by atoms with E-state index in [0.717, 1.165) is 5.69 Å². The van der Waals surface area contributed by atoms with Crippen LogP contribution in [0.4, 0.5) is 10.5 Å². The average molecular weight is 412 g/mol. The van der Waals surface area contributed by atoms with Crippen LogP contribution in [0.2, 0.25) is 14.8 Å².